The first-order valence-electron chi connectivity index (χ1n) is 9.74. The molecule has 1 saturated heterocycles. The van der Waals surface area contributed by atoms with E-state index in [1.165, 1.54) is 0 Å². The van der Waals surface area contributed by atoms with Crippen molar-refractivity contribution in [3.63, 3.8) is 0 Å². The number of amides is 3. The van der Waals surface area contributed by atoms with Crippen LogP contribution in [0.15, 0.2) is 72.8 Å². The zero-order valence-electron chi connectivity index (χ0n) is 16.4. The van der Waals surface area contributed by atoms with Gasteiger partial charge in [0.25, 0.3) is 5.91 Å². The van der Waals surface area contributed by atoms with Crippen molar-refractivity contribution in [2.24, 2.45) is 5.92 Å². The quantitative estimate of drug-likeness (QED) is 0.556. The number of anilines is 1. The van der Waals surface area contributed by atoms with Crippen molar-refractivity contribution in [2.75, 3.05) is 5.32 Å². The van der Waals surface area contributed by atoms with Gasteiger partial charge in [-0.15, -0.1) is 0 Å². The molecule has 4 rings (SSSR count). The average Bonchev–Trinajstić information content (AvgIpc) is 3.08. The largest absolute Gasteiger partial charge is 0.456 e. The second-order valence-electron chi connectivity index (χ2n) is 7.23. The second-order valence-corrected chi connectivity index (χ2v) is 7.63. The lowest BCUT2D eigenvalue weighted by Gasteiger charge is -2.10. The molecule has 1 atom stereocenters. The molecule has 0 saturated carbocycles. The van der Waals surface area contributed by atoms with Gasteiger partial charge in [-0.3, -0.25) is 19.7 Å². The third-order valence-corrected chi connectivity index (χ3v) is 5.25. The monoisotopic (exact) mass is 434 g/mol. The van der Waals surface area contributed by atoms with E-state index >= 15 is 0 Å². The van der Waals surface area contributed by atoms with Gasteiger partial charge in [0.15, 0.2) is 0 Å². The molecule has 31 heavy (non-hydrogen) atoms. The fraction of sp³-hybridized carbons (Fsp3) is 0.125. The Hall–Kier alpha value is -3.64. The SMILES string of the molecule is O=C1CC(Cc2ccc(C(=O)Nc3ccc(Oc4ccccc4Cl)cc3)cc2)C(=O)N1. The molecular weight excluding hydrogens is 416 g/mol. The first-order valence-corrected chi connectivity index (χ1v) is 10.1. The predicted molar refractivity (Wildman–Crippen MR) is 117 cm³/mol. The van der Waals surface area contributed by atoms with Crippen LogP contribution >= 0.6 is 11.6 Å². The van der Waals surface area contributed by atoms with E-state index in [0.29, 0.717) is 34.2 Å². The number of hydrogen-bond acceptors (Lipinski definition) is 4. The molecule has 1 fully saturated rings. The molecule has 1 heterocycles. The number of halogens is 1. The van der Waals surface area contributed by atoms with Crippen LogP contribution in [-0.2, 0) is 16.0 Å². The Balaban J connectivity index is 1.35. The highest BCUT2D eigenvalue weighted by Crippen LogP contribution is 2.29. The summed E-state index contributed by atoms with van der Waals surface area (Å²) in [6.07, 6.45) is 0.670. The van der Waals surface area contributed by atoms with Gasteiger partial charge in [0.2, 0.25) is 11.8 Å². The first-order chi connectivity index (χ1) is 15.0. The van der Waals surface area contributed by atoms with Crippen molar-refractivity contribution < 1.29 is 19.1 Å². The molecule has 156 valence electrons. The van der Waals surface area contributed by atoms with Gasteiger partial charge in [-0.05, 0) is 60.5 Å². The fourth-order valence-corrected chi connectivity index (χ4v) is 3.49. The average molecular weight is 435 g/mol. The maximum Gasteiger partial charge on any atom is 0.255 e. The van der Waals surface area contributed by atoms with E-state index in [4.69, 9.17) is 16.3 Å². The normalized spacial score (nSPS) is 15.5. The lowest BCUT2D eigenvalue weighted by atomic mass is 9.97. The molecule has 2 N–H and O–H groups in total. The van der Waals surface area contributed by atoms with Gasteiger partial charge in [0.1, 0.15) is 11.5 Å². The predicted octanol–water partition coefficient (Wildman–Crippen LogP) is 4.59. The molecule has 0 aromatic heterocycles. The highest BCUT2D eigenvalue weighted by molar-refractivity contribution is 6.32. The van der Waals surface area contributed by atoms with Crippen molar-refractivity contribution >= 4 is 35.0 Å². The minimum absolute atomic E-state index is 0.206. The Bertz CT molecular complexity index is 1130. The number of carbonyl (C=O) groups is 3. The minimum Gasteiger partial charge on any atom is -0.456 e. The standard InChI is InChI=1S/C24H19ClN2O4/c25-20-3-1-2-4-21(20)31-19-11-9-18(10-12-19)26-23(29)16-7-5-15(6-8-16)13-17-14-22(28)27-24(17)30/h1-12,17H,13-14H2,(H,26,29)(H,27,28,30). The number of benzene rings is 3. The molecule has 6 nitrogen and oxygen atoms in total. The van der Waals surface area contributed by atoms with E-state index in [9.17, 15) is 14.4 Å². The van der Waals surface area contributed by atoms with Crippen molar-refractivity contribution in [1.82, 2.24) is 5.32 Å². The topological polar surface area (TPSA) is 84.5 Å². The summed E-state index contributed by atoms with van der Waals surface area (Å²) in [7, 11) is 0. The van der Waals surface area contributed by atoms with Gasteiger partial charge < -0.3 is 10.1 Å². The van der Waals surface area contributed by atoms with E-state index in [2.05, 4.69) is 10.6 Å². The molecule has 0 spiro atoms. The Morgan fingerprint density at radius 2 is 1.71 bits per heavy atom. The van der Waals surface area contributed by atoms with Crippen LogP contribution in [0.3, 0.4) is 0 Å². The molecular formula is C24H19ClN2O4. The van der Waals surface area contributed by atoms with Gasteiger partial charge in [0.05, 0.1) is 10.9 Å². The molecule has 3 amide bonds. The molecule has 1 aliphatic rings. The number of imide groups is 1. The third-order valence-electron chi connectivity index (χ3n) is 4.94. The lowest BCUT2D eigenvalue weighted by molar-refractivity contribution is -0.125. The van der Waals surface area contributed by atoms with Gasteiger partial charge in [0, 0.05) is 17.7 Å². The molecule has 0 aliphatic carbocycles. The summed E-state index contributed by atoms with van der Waals surface area (Å²) in [5, 5.41) is 5.66. The maximum absolute atomic E-state index is 12.5. The van der Waals surface area contributed by atoms with Crippen molar-refractivity contribution in [1.29, 1.82) is 0 Å². The van der Waals surface area contributed by atoms with E-state index in [0.717, 1.165) is 5.56 Å². The number of para-hydroxylation sites is 1. The van der Waals surface area contributed by atoms with Gasteiger partial charge >= 0.3 is 0 Å². The van der Waals surface area contributed by atoms with Crippen molar-refractivity contribution in [3.8, 4) is 11.5 Å². The van der Waals surface area contributed by atoms with Crippen LogP contribution in [0.25, 0.3) is 0 Å². The third kappa shape index (κ3) is 5.10. The number of ether oxygens (including phenoxy) is 1. The first kappa shape index (κ1) is 20.6. The molecule has 1 unspecified atom stereocenters. The van der Waals surface area contributed by atoms with E-state index in [1.54, 1.807) is 60.7 Å². The molecule has 0 radical (unpaired) electrons. The number of rotatable bonds is 6. The highest BCUT2D eigenvalue weighted by atomic mass is 35.5. The van der Waals surface area contributed by atoms with Crippen LogP contribution in [0.1, 0.15) is 22.3 Å². The molecule has 7 heteroatoms. The van der Waals surface area contributed by atoms with Crippen molar-refractivity contribution in [3.05, 3.63) is 88.9 Å². The molecule has 0 bridgehead atoms. The number of hydrogen-bond donors (Lipinski definition) is 2. The van der Waals surface area contributed by atoms with E-state index < -0.39 is 0 Å². The lowest BCUT2D eigenvalue weighted by Crippen LogP contribution is -2.22. The molecule has 1 aliphatic heterocycles. The van der Waals surface area contributed by atoms with E-state index in [-0.39, 0.29) is 30.1 Å². The highest BCUT2D eigenvalue weighted by Gasteiger charge is 2.30. The fourth-order valence-electron chi connectivity index (χ4n) is 3.31. The van der Waals surface area contributed by atoms with Crippen LogP contribution in [0, 0.1) is 5.92 Å². The Kier molecular flexibility index (Phi) is 6.00. The van der Waals surface area contributed by atoms with E-state index in [1.807, 2.05) is 12.1 Å². The van der Waals surface area contributed by atoms with Crippen LogP contribution in [0.5, 0.6) is 11.5 Å². The summed E-state index contributed by atoms with van der Waals surface area (Å²) in [6, 6.07) is 21.2. The summed E-state index contributed by atoms with van der Waals surface area (Å²) in [6.45, 7) is 0. The maximum atomic E-state index is 12.5. The molecule has 3 aromatic rings. The summed E-state index contributed by atoms with van der Waals surface area (Å²) < 4.78 is 5.74. The zero-order chi connectivity index (χ0) is 21.8. The van der Waals surface area contributed by atoms with Gasteiger partial charge in [-0.2, -0.15) is 0 Å². The smallest absolute Gasteiger partial charge is 0.255 e. The van der Waals surface area contributed by atoms with Crippen LogP contribution in [0.2, 0.25) is 5.02 Å². The van der Waals surface area contributed by atoms with Crippen LogP contribution in [-0.4, -0.2) is 17.7 Å². The Morgan fingerprint density at radius 3 is 2.35 bits per heavy atom. The summed E-state index contributed by atoms with van der Waals surface area (Å²) in [4.78, 5) is 35.5. The van der Waals surface area contributed by atoms with Crippen LogP contribution in [0.4, 0.5) is 5.69 Å². The number of carbonyl (C=O) groups excluding carboxylic acids is 3. The van der Waals surface area contributed by atoms with Crippen molar-refractivity contribution in [2.45, 2.75) is 12.8 Å². The van der Waals surface area contributed by atoms with Gasteiger partial charge in [-0.1, -0.05) is 35.9 Å². The summed E-state index contributed by atoms with van der Waals surface area (Å²) in [5.41, 5.74) is 2.02. The minimum atomic E-state index is -0.348. The second kappa shape index (κ2) is 9.02. The Labute approximate surface area is 184 Å². The number of nitrogens with one attached hydrogen (secondary N) is 2. The molecule has 3 aromatic carbocycles. The van der Waals surface area contributed by atoms with Crippen LogP contribution < -0.4 is 15.4 Å². The summed E-state index contributed by atoms with van der Waals surface area (Å²) >= 11 is 6.10. The summed E-state index contributed by atoms with van der Waals surface area (Å²) in [5.74, 6) is 0.0761. The van der Waals surface area contributed by atoms with Gasteiger partial charge in [-0.25, -0.2) is 0 Å². The Morgan fingerprint density at radius 1 is 1.00 bits per heavy atom. The zero-order valence-corrected chi connectivity index (χ0v) is 17.2.